The quantitative estimate of drug-likeness (QED) is 0.496. The van der Waals surface area contributed by atoms with Crippen molar-refractivity contribution >= 4 is 28.6 Å². The molecule has 8 heteroatoms. The number of nitrogen functional groups attached to an aromatic ring is 1. The van der Waals surface area contributed by atoms with E-state index in [1.54, 1.807) is 19.1 Å². The molecule has 0 saturated carbocycles. The molecule has 0 fully saturated rings. The summed E-state index contributed by atoms with van der Waals surface area (Å²) in [6, 6.07) is 16.3. The van der Waals surface area contributed by atoms with Crippen LogP contribution in [0.2, 0.25) is 0 Å². The fraction of sp³-hybridized carbons (Fsp3) is 0.143. The summed E-state index contributed by atoms with van der Waals surface area (Å²) in [6.07, 6.45) is -0.509. The van der Waals surface area contributed by atoms with Crippen molar-refractivity contribution in [2.75, 3.05) is 11.1 Å². The molecule has 0 bridgehead atoms. The summed E-state index contributed by atoms with van der Waals surface area (Å²) in [4.78, 5) is 24.3. The Kier molecular flexibility index (Phi) is 4.82. The topological polar surface area (TPSA) is 116 Å². The third kappa shape index (κ3) is 4.16. The first kappa shape index (κ1) is 18.4. The predicted octanol–water partition coefficient (Wildman–Crippen LogP) is 3.75. The summed E-state index contributed by atoms with van der Waals surface area (Å²) < 4.78 is 11.2. The zero-order valence-electron chi connectivity index (χ0n) is 15.9. The van der Waals surface area contributed by atoms with Crippen LogP contribution in [-0.2, 0) is 0 Å². The number of anilines is 3. The van der Waals surface area contributed by atoms with Gasteiger partial charge in [-0.05, 0) is 43.7 Å². The first-order valence-electron chi connectivity index (χ1n) is 9.02. The number of para-hydroxylation sites is 1. The van der Waals surface area contributed by atoms with Crippen LogP contribution >= 0.6 is 0 Å². The molecule has 0 radical (unpaired) electrons. The molecule has 2 heterocycles. The van der Waals surface area contributed by atoms with Gasteiger partial charge in [-0.25, -0.2) is 4.79 Å². The molecule has 3 N–H and O–H groups in total. The number of benzene rings is 2. The molecule has 0 aliphatic carbocycles. The normalized spacial score (nSPS) is 11.9. The van der Waals surface area contributed by atoms with Crippen LogP contribution in [0.25, 0.3) is 11.0 Å². The largest absolute Gasteiger partial charge is 0.483 e. The highest BCUT2D eigenvalue weighted by atomic mass is 16.5. The van der Waals surface area contributed by atoms with E-state index in [0.29, 0.717) is 23.1 Å². The Balaban J connectivity index is 1.59. The number of rotatable bonds is 5. The molecular weight excluding hydrogens is 370 g/mol. The number of nitrogens with zero attached hydrogens (tertiary/aromatic N) is 3. The van der Waals surface area contributed by atoms with E-state index in [2.05, 4.69) is 20.3 Å². The number of nitrogens with one attached hydrogen (secondary N) is 1. The smallest absolute Gasteiger partial charge is 0.336 e. The van der Waals surface area contributed by atoms with Crippen molar-refractivity contribution in [1.82, 2.24) is 15.0 Å². The van der Waals surface area contributed by atoms with Crippen molar-refractivity contribution in [3.05, 3.63) is 76.4 Å². The van der Waals surface area contributed by atoms with Crippen molar-refractivity contribution < 1.29 is 9.15 Å². The molecule has 4 aromatic rings. The fourth-order valence-corrected chi connectivity index (χ4v) is 2.93. The molecule has 1 unspecified atom stereocenters. The van der Waals surface area contributed by atoms with Crippen LogP contribution in [0.15, 0.2) is 63.8 Å². The Morgan fingerprint density at radius 1 is 1.07 bits per heavy atom. The average molecular weight is 389 g/mol. The first-order chi connectivity index (χ1) is 14.0. The Bertz CT molecular complexity index is 1220. The highest BCUT2D eigenvalue weighted by molar-refractivity contribution is 5.81. The van der Waals surface area contributed by atoms with Gasteiger partial charge in [-0.2, -0.15) is 15.0 Å². The predicted molar refractivity (Wildman–Crippen MR) is 110 cm³/mol. The lowest BCUT2D eigenvalue weighted by Crippen LogP contribution is -2.13. The van der Waals surface area contributed by atoms with Crippen LogP contribution in [0, 0.1) is 6.92 Å². The maximum atomic E-state index is 11.6. The van der Waals surface area contributed by atoms with Crippen LogP contribution in [0.4, 0.5) is 17.6 Å². The Hall–Kier alpha value is -3.94. The van der Waals surface area contributed by atoms with Gasteiger partial charge in [-0.3, -0.25) is 0 Å². The standard InChI is InChI=1S/C21H19N5O3/c1-12-10-18(27)29-17-11-15(8-9-16(12)17)28-13(2)19-24-20(22)26-21(25-19)23-14-6-4-3-5-7-14/h3-11,13H,1-2H3,(H3,22,23,24,25,26). The fourth-order valence-electron chi connectivity index (χ4n) is 2.93. The molecular formula is C21H19N5O3. The molecule has 146 valence electrons. The highest BCUT2D eigenvalue weighted by Crippen LogP contribution is 2.26. The van der Waals surface area contributed by atoms with Gasteiger partial charge in [0.25, 0.3) is 0 Å². The van der Waals surface area contributed by atoms with Gasteiger partial charge >= 0.3 is 5.63 Å². The van der Waals surface area contributed by atoms with E-state index >= 15 is 0 Å². The molecule has 1 atom stereocenters. The minimum atomic E-state index is -0.509. The molecule has 2 aromatic carbocycles. The lowest BCUT2D eigenvalue weighted by Gasteiger charge is -2.15. The van der Waals surface area contributed by atoms with Gasteiger partial charge in [0, 0.05) is 23.2 Å². The summed E-state index contributed by atoms with van der Waals surface area (Å²) >= 11 is 0. The van der Waals surface area contributed by atoms with Gasteiger partial charge in [0.15, 0.2) is 11.9 Å². The number of aryl methyl sites for hydroxylation is 1. The van der Waals surface area contributed by atoms with Crippen molar-refractivity contribution in [2.24, 2.45) is 0 Å². The summed E-state index contributed by atoms with van der Waals surface area (Å²) in [5.74, 6) is 1.32. The van der Waals surface area contributed by atoms with Crippen LogP contribution in [0.1, 0.15) is 24.4 Å². The molecule has 4 rings (SSSR count). The number of aromatic nitrogens is 3. The molecule has 0 spiro atoms. The molecule has 0 saturated heterocycles. The van der Waals surface area contributed by atoms with E-state index in [4.69, 9.17) is 14.9 Å². The average Bonchev–Trinajstić information content (AvgIpc) is 2.68. The Morgan fingerprint density at radius 3 is 2.66 bits per heavy atom. The molecule has 0 amide bonds. The van der Waals surface area contributed by atoms with E-state index in [1.165, 1.54) is 6.07 Å². The van der Waals surface area contributed by atoms with E-state index < -0.39 is 11.7 Å². The van der Waals surface area contributed by atoms with Gasteiger partial charge in [-0.15, -0.1) is 0 Å². The van der Waals surface area contributed by atoms with Crippen molar-refractivity contribution in [2.45, 2.75) is 20.0 Å². The molecule has 29 heavy (non-hydrogen) atoms. The highest BCUT2D eigenvalue weighted by Gasteiger charge is 2.15. The second kappa shape index (κ2) is 7.59. The summed E-state index contributed by atoms with van der Waals surface area (Å²) in [5.41, 5.74) is 7.58. The van der Waals surface area contributed by atoms with Gasteiger partial charge in [0.05, 0.1) is 0 Å². The van der Waals surface area contributed by atoms with E-state index in [0.717, 1.165) is 16.6 Å². The molecule has 8 nitrogen and oxygen atoms in total. The zero-order chi connectivity index (χ0) is 20.4. The van der Waals surface area contributed by atoms with Crippen molar-refractivity contribution in [3.63, 3.8) is 0 Å². The lowest BCUT2D eigenvalue weighted by atomic mass is 10.1. The summed E-state index contributed by atoms with van der Waals surface area (Å²) in [5, 5.41) is 3.94. The molecule has 0 aliphatic heterocycles. The zero-order valence-corrected chi connectivity index (χ0v) is 15.9. The first-order valence-corrected chi connectivity index (χ1v) is 9.02. The number of nitrogens with two attached hydrogens (primary N) is 1. The third-order valence-corrected chi connectivity index (χ3v) is 4.30. The second-order valence-electron chi connectivity index (χ2n) is 6.53. The van der Waals surface area contributed by atoms with E-state index in [-0.39, 0.29) is 5.95 Å². The lowest BCUT2D eigenvalue weighted by molar-refractivity contribution is 0.216. The Morgan fingerprint density at radius 2 is 1.86 bits per heavy atom. The van der Waals surface area contributed by atoms with E-state index in [9.17, 15) is 4.79 Å². The van der Waals surface area contributed by atoms with Gasteiger partial charge in [0.2, 0.25) is 11.9 Å². The molecule has 0 aliphatic rings. The third-order valence-electron chi connectivity index (χ3n) is 4.30. The number of ether oxygens (including phenoxy) is 1. The monoisotopic (exact) mass is 389 g/mol. The van der Waals surface area contributed by atoms with Crippen molar-refractivity contribution in [3.8, 4) is 5.75 Å². The van der Waals surface area contributed by atoms with Crippen LogP contribution in [0.5, 0.6) is 5.75 Å². The van der Waals surface area contributed by atoms with Gasteiger partial charge < -0.3 is 20.2 Å². The van der Waals surface area contributed by atoms with Crippen LogP contribution in [0.3, 0.4) is 0 Å². The SMILES string of the molecule is Cc1cc(=O)oc2cc(OC(C)c3nc(N)nc(Nc4ccccc4)n3)ccc12. The summed E-state index contributed by atoms with van der Waals surface area (Å²) in [7, 11) is 0. The minimum absolute atomic E-state index is 0.0871. The van der Waals surface area contributed by atoms with E-state index in [1.807, 2.05) is 43.3 Å². The Labute approximate surface area is 166 Å². The second-order valence-corrected chi connectivity index (χ2v) is 6.53. The number of hydrogen-bond acceptors (Lipinski definition) is 8. The minimum Gasteiger partial charge on any atom is -0.483 e. The van der Waals surface area contributed by atoms with Crippen LogP contribution < -0.4 is 21.4 Å². The maximum Gasteiger partial charge on any atom is 0.336 e. The maximum absolute atomic E-state index is 11.6. The van der Waals surface area contributed by atoms with Crippen molar-refractivity contribution in [1.29, 1.82) is 0 Å². The number of fused-ring (bicyclic) bond motifs is 1. The molecule has 2 aromatic heterocycles. The number of hydrogen-bond donors (Lipinski definition) is 2. The van der Waals surface area contributed by atoms with Gasteiger partial charge in [-0.1, -0.05) is 18.2 Å². The van der Waals surface area contributed by atoms with Gasteiger partial charge in [0.1, 0.15) is 11.3 Å². The van der Waals surface area contributed by atoms with Crippen LogP contribution in [-0.4, -0.2) is 15.0 Å². The summed E-state index contributed by atoms with van der Waals surface area (Å²) in [6.45, 7) is 3.66.